The van der Waals surface area contributed by atoms with Crippen LogP contribution in [-0.4, -0.2) is 30.3 Å². The second kappa shape index (κ2) is 5.39. The molecule has 2 rings (SSSR count). The molecule has 1 atom stereocenters. The van der Waals surface area contributed by atoms with Crippen LogP contribution in [0.5, 0.6) is 5.75 Å². The minimum atomic E-state index is -0.496. The first-order valence-corrected chi connectivity index (χ1v) is 6.93. The van der Waals surface area contributed by atoms with E-state index in [-0.39, 0.29) is 5.60 Å². The maximum Gasteiger partial charge on any atom is 0.143 e. The van der Waals surface area contributed by atoms with Gasteiger partial charge in [-0.25, -0.2) is 0 Å². The Kier molecular flexibility index (Phi) is 4.02. The van der Waals surface area contributed by atoms with Crippen LogP contribution >= 0.6 is 0 Å². The molecule has 4 nitrogen and oxygen atoms in total. The molecule has 0 spiro atoms. The molecule has 3 N–H and O–H groups in total. The van der Waals surface area contributed by atoms with Crippen LogP contribution in [0.25, 0.3) is 0 Å². The smallest absolute Gasteiger partial charge is 0.143 e. The van der Waals surface area contributed by atoms with Gasteiger partial charge in [-0.05, 0) is 51.4 Å². The van der Waals surface area contributed by atoms with Crippen molar-refractivity contribution in [1.29, 1.82) is 0 Å². The van der Waals surface area contributed by atoms with Gasteiger partial charge in [-0.3, -0.25) is 0 Å². The fourth-order valence-corrected chi connectivity index (χ4v) is 2.56. The van der Waals surface area contributed by atoms with Crippen molar-refractivity contribution in [3.8, 4) is 5.75 Å². The SMILES string of the molecule is CCN1CC(C)(C)Oc2ccc(C(O)CCN)cc21. The molecule has 0 radical (unpaired) electrons. The van der Waals surface area contributed by atoms with Gasteiger partial charge in [-0.15, -0.1) is 0 Å². The number of ether oxygens (including phenoxy) is 1. The molecule has 0 aliphatic carbocycles. The van der Waals surface area contributed by atoms with Gasteiger partial charge < -0.3 is 20.5 Å². The van der Waals surface area contributed by atoms with Crippen molar-refractivity contribution in [1.82, 2.24) is 0 Å². The van der Waals surface area contributed by atoms with Crippen molar-refractivity contribution in [2.75, 3.05) is 24.5 Å². The molecular formula is C15H24N2O2. The highest BCUT2D eigenvalue weighted by Gasteiger charge is 2.31. The molecule has 1 heterocycles. The van der Waals surface area contributed by atoms with E-state index in [1.807, 2.05) is 18.2 Å². The first-order chi connectivity index (χ1) is 8.96. The summed E-state index contributed by atoms with van der Waals surface area (Å²) >= 11 is 0. The summed E-state index contributed by atoms with van der Waals surface area (Å²) in [4.78, 5) is 2.29. The number of fused-ring (bicyclic) bond motifs is 1. The summed E-state index contributed by atoms with van der Waals surface area (Å²) in [6.45, 7) is 8.59. The number of nitrogens with zero attached hydrogens (tertiary/aromatic N) is 1. The Morgan fingerprint density at radius 2 is 2.21 bits per heavy atom. The number of rotatable bonds is 4. The van der Waals surface area contributed by atoms with Crippen molar-refractivity contribution < 1.29 is 9.84 Å². The van der Waals surface area contributed by atoms with Gasteiger partial charge in [-0.1, -0.05) is 6.07 Å². The van der Waals surface area contributed by atoms with Crippen LogP contribution in [-0.2, 0) is 0 Å². The summed E-state index contributed by atoms with van der Waals surface area (Å²) < 4.78 is 6.00. The Bertz CT molecular complexity index is 446. The lowest BCUT2D eigenvalue weighted by Gasteiger charge is -2.40. The van der Waals surface area contributed by atoms with Gasteiger partial charge in [0.25, 0.3) is 0 Å². The molecule has 0 fully saturated rings. The van der Waals surface area contributed by atoms with Crippen LogP contribution in [0.15, 0.2) is 18.2 Å². The molecule has 19 heavy (non-hydrogen) atoms. The summed E-state index contributed by atoms with van der Waals surface area (Å²) in [5.74, 6) is 0.891. The molecule has 0 bridgehead atoms. The Morgan fingerprint density at radius 1 is 1.47 bits per heavy atom. The molecule has 1 unspecified atom stereocenters. The van der Waals surface area contributed by atoms with Crippen molar-refractivity contribution >= 4 is 5.69 Å². The molecule has 0 amide bonds. The molecule has 1 aliphatic heterocycles. The van der Waals surface area contributed by atoms with Gasteiger partial charge in [0.2, 0.25) is 0 Å². The fourth-order valence-electron chi connectivity index (χ4n) is 2.56. The number of benzene rings is 1. The number of hydrogen-bond donors (Lipinski definition) is 2. The van der Waals surface area contributed by atoms with Crippen LogP contribution in [0.3, 0.4) is 0 Å². The van der Waals surface area contributed by atoms with E-state index in [0.29, 0.717) is 13.0 Å². The molecule has 4 heteroatoms. The predicted molar refractivity (Wildman–Crippen MR) is 77.7 cm³/mol. The molecule has 0 saturated carbocycles. The van der Waals surface area contributed by atoms with Crippen LogP contribution in [0.1, 0.15) is 38.9 Å². The summed E-state index contributed by atoms with van der Waals surface area (Å²) in [7, 11) is 0. The van der Waals surface area contributed by atoms with Crippen LogP contribution in [0, 0.1) is 0 Å². The molecule has 0 aromatic heterocycles. The first-order valence-electron chi connectivity index (χ1n) is 6.93. The molecule has 0 saturated heterocycles. The zero-order chi connectivity index (χ0) is 14.0. The summed E-state index contributed by atoms with van der Waals surface area (Å²) in [5, 5.41) is 10.0. The van der Waals surface area contributed by atoms with E-state index in [1.165, 1.54) is 0 Å². The van der Waals surface area contributed by atoms with Crippen LogP contribution in [0.2, 0.25) is 0 Å². The number of nitrogens with two attached hydrogens (primary N) is 1. The highest BCUT2D eigenvalue weighted by Crippen LogP contribution is 2.38. The normalized spacial score (nSPS) is 18.7. The largest absolute Gasteiger partial charge is 0.484 e. The van der Waals surface area contributed by atoms with Gasteiger partial charge in [-0.2, -0.15) is 0 Å². The molecule has 1 aromatic rings. The second-order valence-electron chi connectivity index (χ2n) is 5.70. The van der Waals surface area contributed by atoms with Crippen molar-refractivity contribution in [2.24, 2.45) is 5.73 Å². The van der Waals surface area contributed by atoms with E-state index in [0.717, 1.165) is 30.1 Å². The quantitative estimate of drug-likeness (QED) is 0.874. The van der Waals surface area contributed by atoms with Crippen molar-refractivity contribution in [3.63, 3.8) is 0 Å². The summed E-state index contributed by atoms with van der Waals surface area (Å²) in [6.07, 6.45) is 0.0843. The van der Waals surface area contributed by atoms with Crippen molar-refractivity contribution in [2.45, 2.75) is 38.9 Å². The Hall–Kier alpha value is -1.26. The summed E-state index contributed by atoms with van der Waals surface area (Å²) in [5.41, 5.74) is 7.29. The number of hydrogen-bond acceptors (Lipinski definition) is 4. The minimum Gasteiger partial charge on any atom is -0.484 e. The fraction of sp³-hybridized carbons (Fsp3) is 0.600. The highest BCUT2D eigenvalue weighted by atomic mass is 16.5. The molecule has 1 aliphatic rings. The number of aliphatic hydroxyl groups is 1. The summed E-state index contributed by atoms with van der Waals surface area (Å²) in [6, 6.07) is 5.90. The van der Waals surface area contributed by atoms with E-state index in [1.54, 1.807) is 0 Å². The number of aliphatic hydroxyl groups excluding tert-OH is 1. The van der Waals surface area contributed by atoms with E-state index in [9.17, 15) is 5.11 Å². The standard InChI is InChI=1S/C15H24N2O2/c1-4-17-10-15(2,3)19-14-6-5-11(9-12(14)17)13(18)7-8-16/h5-6,9,13,18H,4,7-8,10,16H2,1-3H3. The van der Waals surface area contributed by atoms with E-state index in [4.69, 9.17) is 10.5 Å². The van der Waals surface area contributed by atoms with Crippen molar-refractivity contribution in [3.05, 3.63) is 23.8 Å². The third-order valence-corrected chi connectivity index (χ3v) is 3.49. The molecule has 1 aromatic carbocycles. The maximum absolute atomic E-state index is 10.0. The number of anilines is 1. The number of likely N-dealkylation sites (N-methyl/N-ethyl adjacent to an activating group) is 1. The van der Waals surface area contributed by atoms with E-state index >= 15 is 0 Å². The first kappa shape index (κ1) is 14.2. The third-order valence-electron chi connectivity index (χ3n) is 3.49. The van der Waals surface area contributed by atoms with Gasteiger partial charge in [0.05, 0.1) is 18.3 Å². The molecular weight excluding hydrogens is 240 g/mol. The average Bonchev–Trinajstić information content (AvgIpc) is 2.36. The maximum atomic E-state index is 10.0. The van der Waals surface area contributed by atoms with Gasteiger partial charge in [0, 0.05) is 6.54 Å². The van der Waals surface area contributed by atoms with Crippen LogP contribution < -0.4 is 15.4 Å². The molecule has 106 valence electrons. The average molecular weight is 264 g/mol. The predicted octanol–water partition coefficient (Wildman–Crippen LogP) is 2.07. The van der Waals surface area contributed by atoms with E-state index in [2.05, 4.69) is 25.7 Å². The highest BCUT2D eigenvalue weighted by molar-refractivity contribution is 5.62. The lowest BCUT2D eigenvalue weighted by atomic mass is 10.0. The van der Waals surface area contributed by atoms with Crippen LogP contribution in [0.4, 0.5) is 5.69 Å². The Balaban J connectivity index is 2.33. The third kappa shape index (κ3) is 3.01. The topological polar surface area (TPSA) is 58.7 Å². The van der Waals surface area contributed by atoms with Gasteiger partial charge in [0.1, 0.15) is 11.4 Å². The van der Waals surface area contributed by atoms with E-state index < -0.39 is 6.10 Å². The second-order valence-corrected chi connectivity index (χ2v) is 5.70. The zero-order valence-electron chi connectivity index (χ0n) is 12.0. The van der Waals surface area contributed by atoms with Gasteiger partial charge in [0.15, 0.2) is 0 Å². The Labute approximate surface area is 115 Å². The monoisotopic (exact) mass is 264 g/mol. The lowest BCUT2D eigenvalue weighted by Crippen LogP contribution is -2.46. The lowest BCUT2D eigenvalue weighted by molar-refractivity contribution is 0.105. The Morgan fingerprint density at radius 3 is 2.84 bits per heavy atom. The zero-order valence-corrected chi connectivity index (χ0v) is 12.0. The van der Waals surface area contributed by atoms with Gasteiger partial charge >= 0.3 is 0 Å². The minimum absolute atomic E-state index is 0.180.